The SMILES string of the molecule is CC(=O)OCc1cc(F)c(OC(=O)S)c(F)c1. The van der Waals surface area contributed by atoms with Crippen LogP contribution in [0, 0.1) is 11.6 Å². The van der Waals surface area contributed by atoms with Gasteiger partial charge in [-0.1, -0.05) is 12.6 Å². The maximum Gasteiger partial charge on any atom is 0.369 e. The molecule has 0 aliphatic heterocycles. The lowest BCUT2D eigenvalue weighted by Crippen LogP contribution is -2.04. The first-order valence-electron chi connectivity index (χ1n) is 4.42. The van der Waals surface area contributed by atoms with Crippen LogP contribution in [-0.2, 0) is 16.1 Å². The molecule has 0 N–H and O–H groups in total. The molecule has 0 spiro atoms. The highest BCUT2D eigenvalue weighted by molar-refractivity contribution is 7.96. The summed E-state index contributed by atoms with van der Waals surface area (Å²) in [6.45, 7) is 0.905. The smallest absolute Gasteiger partial charge is 0.369 e. The van der Waals surface area contributed by atoms with Crippen molar-refractivity contribution in [1.29, 1.82) is 0 Å². The Kier molecular flexibility index (Phi) is 4.45. The van der Waals surface area contributed by atoms with E-state index in [-0.39, 0.29) is 12.2 Å². The van der Waals surface area contributed by atoms with Crippen LogP contribution >= 0.6 is 12.6 Å². The summed E-state index contributed by atoms with van der Waals surface area (Å²) in [5.74, 6) is -3.56. The molecule has 4 nitrogen and oxygen atoms in total. The Balaban J connectivity index is 2.92. The first-order chi connectivity index (χ1) is 7.90. The highest BCUT2D eigenvalue weighted by atomic mass is 32.1. The molecule has 1 rings (SSSR count). The highest BCUT2D eigenvalue weighted by Gasteiger charge is 2.15. The molecule has 0 atom stereocenters. The maximum atomic E-state index is 13.3. The minimum absolute atomic E-state index is 0.106. The number of carbonyl (C=O) groups excluding carboxylic acids is 2. The zero-order chi connectivity index (χ0) is 13.0. The van der Waals surface area contributed by atoms with Gasteiger partial charge >= 0.3 is 11.3 Å². The van der Waals surface area contributed by atoms with Crippen LogP contribution in [0.1, 0.15) is 12.5 Å². The number of halogens is 2. The number of rotatable bonds is 3. The Morgan fingerprint density at radius 3 is 2.24 bits per heavy atom. The third-order valence-corrected chi connectivity index (χ3v) is 1.78. The van der Waals surface area contributed by atoms with E-state index in [9.17, 15) is 18.4 Å². The molecule has 17 heavy (non-hydrogen) atoms. The van der Waals surface area contributed by atoms with E-state index in [4.69, 9.17) is 0 Å². The molecule has 0 aliphatic rings. The van der Waals surface area contributed by atoms with Gasteiger partial charge in [-0.2, -0.15) is 0 Å². The fourth-order valence-electron chi connectivity index (χ4n) is 1.07. The lowest BCUT2D eigenvalue weighted by molar-refractivity contribution is -0.142. The largest absolute Gasteiger partial charge is 0.461 e. The van der Waals surface area contributed by atoms with Gasteiger partial charge in [-0.3, -0.25) is 4.79 Å². The average Bonchev–Trinajstić information content (AvgIpc) is 2.20. The molecular weight excluding hydrogens is 254 g/mol. The van der Waals surface area contributed by atoms with Crippen molar-refractivity contribution in [3.05, 3.63) is 29.3 Å². The van der Waals surface area contributed by atoms with E-state index in [0.717, 1.165) is 12.1 Å². The van der Waals surface area contributed by atoms with Gasteiger partial charge in [0.2, 0.25) is 5.75 Å². The van der Waals surface area contributed by atoms with Crippen LogP contribution in [0.2, 0.25) is 0 Å². The van der Waals surface area contributed by atoms with E-state index in [1.807, 2.05) is 0 Å². The Morgan fingerprint density at radius 1 is 1.29 bits per heavy atom. The van der Waals surface area contributed by atoms with Crippen LogP contribution in [0.3, 0.4) is 0 Å². The summed E-state index contributed by atoms with van der Waals surface area (Å²) in [5.41, 5.74) is 0.106. The summed E-state index contributed by atoms with van der Waals surface area (Å²) >= 11 is 3.23. The van der Waals surface area contributed by atoms with Gasteiger partial charge in [0.1, 0.15) is 6.61 Å². The van der Waals surface area contributed by atoms with E-state index < -0.39 is 28.7 Å². The molecule has 0 aliphatic carbocycles. The van der Waals surface area contributed by atoms with Gasteiger partial charge in [-0.05, 0) is 17.7 Å². The minimum Gasteiger partial charge on any atom is -0.461 e. The molecule has 92 valence electrons. The van der Waals surface area contributed by atoms with E-state index in [2.05, 4.69) is 22.1 Å². The van der Waals surface area contributed by atoms with E-state index >= 15 is 0 Å². The van der Waals surface area contributed by atoms with Crippen molar-refractivity contribution < 1.29 is 27.8 Å². The van der Waals surface area contributed by atoms with Gasteiger partial charge in [-0.25, -0.2) is 13.6 Å². The fraction of sp³-hybridized carbons (Fsp3) is 0.200. The third kappa shape index (κ3) is 4.03. The predicted octanol–water partition coefficient (Wildman–Crippen LogP) is 2.46. The standard InChI is InChI=1S/C10H8F2O4S/c1-5(13)15-4-6-2-7(11)9(8(12)3-6)16-10(14)17/h2-3H,4H2,1H3,(H,14,17). The normalized spacial score (nSPS) is 9.88. The monoisotopic (exact) mass is 262 g/mol. The molecule has 1 aromatic rings. The van der Waals surface area contributed by atoms with Crippen LogP contribution in [-0.4, -0.2) is 11.3 Å². The molecule has 0 fully saturated rings. The second kappa shape index (κ2) is 5.62. The lowest BCUT2D eigenvalue weighted by atomic mass is 10.2. The third-order valence-electron chi connectivity index (χ3n) is 1.69. The van der Waals surface area contributed by atoms with Gasteiger partial charge in [0.15, 0.2) is 11.6 Å². The molecule has 0 radical (unpaired) electrons. The maximum absolute atomic E-state index is 13.3. The van der Waals surface area contributed by atoms with Crippen molar-refractivity contribution in [2.75, 3.05) is 0 Å². The summed E-state index contributed by atoms with van der Waals surface area (Å²) in [5, 5.41) is -1.13. The summed E-state index contributed by atoms with van der Waals surface area (Å²) in [6.07, 6.45) is 0. The summed E-state index contributed by atoms with van der Waals surface area (Å²) in [4.78, 5) is 21.0. The second-order valence-corrected chi connectivity index (χ2v) is 3.40. The topological polar surface area (TPSA) is 52.6 Å². The first kappa shape index (κ1) is 13.4. The van der Waals surface area contributed by atoms with Crippen molar-refractivity contribution in [2.24, 2.45) is 0 Å². The van der Waals surface area contributed by atoms with Crippen molar-refractivity contribution >= 4 is 23.9 Å². The highest BCUT2D eigenvalue weighted by Crippen LogP contribution is 2.24. The van der Waals surface area contributed by atoms with Gasteiger partial charge in [-0.15, -0.1) is 0 Å². The van der Waals surface area contributed by atoms with Crippen molar-refractivity contribution in [3.63, 3.8) is 0 Å². The molecule has 0 unspecified atom stereocenters. The number of carbonyl (C=O) groups is 2. The zero-order valence-electron chi connectivity index (χ0n) is 8.70. The van der Waals surface area contributed by atoms with Crippen molar-refractivity contribution in [1.82, 2.24) is 0 Å². The summed E-state index contributed by atoms with van der Waals surface area (Å²) in [6, 6.07) is 1.80. The molecular formula is C10H8F2O4S. The van der Waals surface area contributed by atoms with Crippen LogP contribution in [0.25, 0.3) is 0 Å². The van der Waals surface area contributed by atoms with E-state index in [0.29, 0.717) is 0 Å². The van der Waals surface area contributed by atoms with Crippen LogP contribution < -0.4 is 4.74 Å². The van der Waals surface area contributed by atoms with Crippen LogP contribution in [0.15, 0.2) is 12.1 Å². The summed E-state index contributed by atoms with van der Waals surface area (Å²) in [7, 11) is 0. The van der Waals surface area contributed by atoms with E-state index in [1.54, 1.807) is 0 Å². The molecule has 1 aromatic carbocycles. The number of benzene rings is 1. The molecule has 0 saturated heterocycles. The molecule has 0 bridgehead atoms. The average molecular weight is 262 g/mol. The van der Waals surface area contributed by atoms with Crippen LogP contribution in [0.4, 0.5) is 13.6 Å². The Morgan fingerprint density at radius 2 is 1.82 bits per heavy atom. The lowest BCUT2D eigenvalue weighted by Gasteiger charge is -2.07. The quantitative estimate of drug-likeness (QED) is 0.671. The number of thiol groups is 1. The second-order valence-electron chi connectivity index (χ2n) is 3.04. The first-order valence-corrected chi connectivity index (χ1v) is 4.87. The van der Waals surface area contributed by atoms with Gasteiger partial charge in [0.05, 0.1) is 0 Å². The Bertz CT molecular complexity index is 439. The van der Waals surface area contributed by atoms with Crippen molar-refractivity contribution in [3.8, 4) is 5.75 Å². The molecule has 0 saturated carbocycles. The van der Waals surface area contributed by atoms with Crippen molar-refractivity contribution in [2.45, 2.75) is 13.5 Å². The molecule has 0 heterocycles. The van der Waals surface area contributed by atoms with Gasteiger partial charge < -0.3 is 9.47 Å². The molecule has 0 aromatic heterocycles. The minimum atomic E-state index is -1.13. The molecule has 0 amide bonds. The van der Waals surface area contributed by atoms with Crippen LogP contribution in [0.5, 0.6) is 5.75 Å². The molecule has 7 heteroatoms. The summed E-state index contributed by atoms with van der Waals surface area (Å²) < 4.78 is 35.4. The zero-order valence-corrected chi connectivity index (χ0v) is 9.59. The van der Waals surface area contributed by atoms with Gasteiger partial charge in [0.25, 0.3) is 0 Å². The Labute approximate surface area is 101 Å². The number of esters is 1. The Hall–Kier alpha value is -1.63. The predicted molar refractivity (Wildman–Crippen MR) is 56.8 cm³/mol. The van der Waals surface area contributed by atoms with Gasteiger partial charge in [0, 0.05) is 6.92 Å². The number of hydrogen-bond donors (Lipinski definition) is 1. The fourth-order valence-corrected chi connectivity index (χ4v) is 1.16. The van der Waals surface area contributed by atoms with E-state index in [1.165, 1.54) is 6.92 Å². The number of hydrogen-bond acceptors (Lipinski definition) is 4. The number of ether oxygens (including phenoxy) is 2.